The van der Waals surface area contributed by atoms with E-state index < -0.39 is 4.92 Å². The third-order valence-corrected chi connectivity index (χ3v) is 4.94. The first-order valence-electron chi connectivity index (χ1n) is 8.28. The maximum atomic E-state index is 13.1. The number of nitro benzene ring substituents is 1. The van der Waals surface area contributed by atoms with Crippen LogP contribution in [0.5, 0.6) is 0 Å². The van der Waals surface area contributed by atoms with Gasteiger partial charge in [0.2, 0.25) is 0 Å². The molecule has 8 heteroatoms. The van der Waals surface area contributed by atoms with Crippen molar-refractivity contribution < 1.29 is 9.31 Å². The highest BCUT2D eigenvalue weighted by molar-refractivity contribution is 7.99. The van der Waals surface area contributed by atoms with Crippen molar-refractivity contribution in [3.8, 4) is 0 Å². The molecular formula is C20H13FN4O2S. The van der Waals surface area contributed by atoms with Gasteiger partial charge in [0.15, 0.2) is 0 Å². The standard InChI is InChI=1S/C20H13FN4O2S/c21-13-5-7-16(8-6-13)28-17-10-14(9-15(11-17)25(26)27)24-20-18-3-1-2-4-19(18)22-12-23-20/h1-12H,(H,22,23,24). The second-order valence-electron chi connectivity index (χ2n) is 5.89. The fourth-order valence-corrected chi connectivity index (χ4v) is 3.61. The predicted molar refractivity (Wildman–Crippen MR) is 106 cm³/mol. The lowest BCUT2D eigenvalue weighted by atomic mass is 10.2. The van der Waals surface area contributed by atoms with E-state index in [4.69, 9.17) is 0 Å². The summed E-state index contributed by atoms with van der Waals surface area (Å²) in [6.07, 6.45) is 1.44. The second kappa shape index (κ2) is 7.61. The van der Waals surface area contributed by atoms with Crippen LogP contribution in [0.25, 0.3) is 10.9 Å². The van der Waals surface area contributed by atoms with Gasteiger partial charge in [-0.3, -0.25) is 10.1 Å². The van der Waals surface area contributed by atoms with E-state index in [1.807, 2.05) is 24.3 Å². The molecule has 0 saturated carbocycles. The van der Waals surface area contributed by atoms with Gasteiger partial charge in [-0.2, -0.15) is 0 Å². The van der Waals surface area contributed by atoms with Crippen molar-refractivity contribution in [3.63, 3.8) is 0 Å². The number of fused-ring (bicyclic) bond motifs is 1. The molecule has 0 fully saturated rings. The quantitative estimate of drug-likeness (QED) is 0.353. The Morgan fingerprint density at radius 2 is 1.75 bits per heavy atom. The van der Waals surface area contributed by atoms with E-state index in [1.165, 1.54) is 42.4 Å². The number of hydrogen-bond donors (Lipinski definition) is 1. The largest absolute Gasteiger partial charge is 0.339 e. The van der Waals surface area contributed by atoms with Crippen molar-refractivity contribution in [2.45, 2.75) is 9.79 Å². The molecule has 1 aromatic heterocycles. The molecule has 0 amide bonds. The average molecular weight is 392 g/mol. The number of anilines is 2. The van der Waals surface area contributed by atoms with E-state index in [0.717, 1.165) is 15.8 Å². The number of nitro groups is 1. The number of hydrogen-bond acceptors (Lipinski definition) is 6. The van der Waals surface area contributed by atoms with Gasteiger partial charge in [-0.25, -0.2) is 14.4 Å². The van der Waals surface area contributed by atoms with Crippen LogP contribution < -0.4 is 5.32 Å². The summed E-state index contributed by atoms with van der Waals surface area (Å²) in [6, 6.07) is 18.2. The Morgan fingerprint density at radius 1 is 0.964 bits per heavy atom. The first-order valence-corrected chi connectivity index (χ1v) is 9.10. The zero-order chi connectivity index (χ0) is 19.5. The Hall–Kier alpha value is -3.52. The van der Waals surface area contributed by atoms with Gasteiger partial charge >= 0.3 is 0 Å². The van der Waals surface area contributed by atoms with Gasteiger partial charge < -0.3 is 5.32 Å². The van der Waals surface area contributed by atoms with Crippen LogP contribution in [0.3, 0.4) is 0 Å². The van der Waals surface area contributed by atoms with Crippen LogP contribution in [0.4, 0.5) is 21.6 Å². The molecule has 28 heavy (non-hydrogen) atoms. The molecule has 4 aromatic rings. The zero-order valence-corrected chi connectivity index (χ0v) is 15.2. The van der Waals surface area contributed by atoms with Gasteiger partial charge in [-0.05, 0) is 42.5 Å². The van der Waals surface area contributed by atoms with E-state index in [0.29, 0.717) is 16.4 Å². The third kappa shape index (κ3) is 3.91. The number of benzene rings is 3. The van der Waals surface area contributed by atoms with Gasteiger partial charge in [0.1, 0.15) is 18.0 Å². The molecule has 0 saturated heterocycles. The number of rotatable bonds is 5. The van der Waals surface area contributed by atoms with Gasteiger partial charge in [-0.15, -0.1) is 0 Å². The number of nitrogens with one attached hydrogen (secondary N) is 1. The Kier molecular flexibility index (Phi) is 4.86. The fraction of sp³-hybridized carbons (Fsp3) is 0. The zero-order valence-electron chi connectivity index (χ0n) is 14.4. The summed E-state index contributed by atoms with van der Waals surface area (Å²) in [6.45, 7) is 0. The van der Waals surface area contributed by atoms with Crippen molar-refractivity contribution in [3.05, 3.63) is 89.0 Å². The minimum Gasteiger partial charge on any atom is -0.339 e. The highest BCUT2D eigenvalue weighted by Gasteiger charge is 2.12. The Morgan fingerprint density at radius 3 is 2.54 bits per heavy atom. The molecule has 0 aliphatic heterocycles. The average Bonchev–Trinajstić information content (AvgIpc) is 2.70. The van der Waals surface area contributed by atoms with E-state index >= 15 is 0 Å². The van der Waals surface area contributed by atoms with Crippen LogP contribution in [0.2, 0.25) is 0 Å². The Labute approximate surface area is 163 Å². The SMILES string of the molecule is O=[N+]([O-])c1cc(Nc2ncnc3ccccc23)cc(Sc2ccc(F)cc2)c1. The van der Waals surface area contributed by atoms with Gasteiger partial charge in [0.05, 0.1) is 10.4 Å². The summed E-state index contributed by atoms with van der Waals surface area (Å²) >= 11 is 1.31. The minimum absolute atomic E-state index is 0.0482. The van der Waals surface area contributed by atoms with Crippen LogP contribution >= 0.6 is 11.8 Å². The summed E-state index contributed by atoms with van der Waals surface area (Å²) < 4.78 is 13.1. The summed E-state index contributed by atoms with van der Waals surface area (Å²) in [5.41, 5.74) is 1.25. The lowest BCUT2D eigenvalue weighted by Crippen LogP contribution is -1.97. The molecular weight excluding hydrogens is 379 g/mol. The molecule has 3 aromatic carbocycles. The normalized spacial score (nSPS) is 10.8. The Balaban J connectivity index is 1.70. The van der Waals surface area contributed by atoms with Gasteiger partial charge in [0.25, 0.3) is 5.69 Å². The molecule has 0 radical (unpaired) electrons. The molecule has 138 valence electrons. The smallest absolute Gasteiger partial charge is 0.272 e. The first-order chi connectivity index (χ1) is 13.6. The van der Waals surface area contributed by atoms with Crippen LogP contribution in [-0.4, -0.2) is 14.9 Å². The van der Waals surface area contributed by atoms with Crippen molar-refractivity contribution >= 4 is 39.9 Å². The summed E-state index contributed by atoms with van der Waals surface area (Å²) in [5, 5.41) is 15.3. The molecule has 0 aliphatic carbocycles. The summed E-state index contributed by atoms with van der Waals surface area (Å²) in [7, 11) is 0. The molecule has 0 unspecified atom stereocenters. The van der Waals surface area contributed by atoms with Crippen LogP contribution in [0.15, 0.2) is 82.8 Å². The molecule has 1 N–H and O–H groups in total. The van der Waals surface area contributed by atoms with Crippen LogP contribution in [0.1, 0.15) is 0 Å². The van der Waals surface area contributed by atoms with Gasteiger partial charge in [-0.1, -0.05) is 23.9 Å². The maximum Gasteiger partial charge on any atom is 0.272 e. The monoisotopic (exact) mass is 392 g/mol. The number of halogens is 1. The second-order valence-corrected chi connectivity index (χ2v) is 7.04. The van der Waals surface area contributed by atoms with Crippen molar-refractivity contribution in [2.24, 2.45) is 0 Å². The topological polar surface area (TPSA) is 81.0 Å². The molecule has 1 heterocycles. The molecule has 0 spiro atoms. The molecule has 4 rings (SSSR count). The summed E-state index contributed by atoms with van der Waals surface area (Å²) in [5.74, 6) is 0.227. The fourth-order valence-electron chi connectivity index (χ4n) is 2.70. The predicted octanol–water partition coefficient (Wildman–Crippen LogP) is 5.57. The highest BCUT2D eigenvalue weighted by Crippen LogP contribution is 2.34. The highest BCUT2D eigenvalue weighted by atomic mass is 32.2. The summed E-state index contributed by atoms with van der Waals surface area (Å²) in [4.78, 5) is 20.8. The number of aromatic nitrogens is 2. The third-order valence-electron chi connectivity index (χ3n) is 3.96. The molecule has 6 nitrogen and oxygen atoms in total. The molecule has 0 bridgehead atoms. The van der Waals surface area contributed by atoms with E-state index in [-0.39, 0.29) is 11.5 Å². The Bertz CT molecular complexity index is 1160. The number of non-ortho nitro benzene ring substituents is 1. The molecule has 0 atom stereocenters. The van der Waals surface area contributed by atoms with E-state index in [9.17, 15) is 14.5 Å². The first kappa shape index (κ1) is 17.9. The van der Waals surface area contributed by atoms with Crippen LogP contribution in [0, 0.1) is 15.9 Å². The van der Waals surface area contributed by atoms with E-state index in [2.05, 4.69) is 15.3 Å². The minimum atomic E-state index is -0.446. The maximum absolute atomic E-state index is 13.1. The van der Waals surface area contributed by atoms with Crippen molar-refractivity contribution in [1.29, 1.82) is 0 Å². The van der Waals surface area contributed by atoms with Crippen molar-refractivity contribution in [1.82, 2.24) is 9.97 Å². The van der Waals surface area contributed by atoms with E-state index in [1.54, 1.807) is 18.2 Å². The lowest BCUT2D eigenvalue weighted by molar-refractivity contribution is -0.385. The number of para-hydroxylation sites is 1. The molecule has 0 aliphatic rings. The van der Waals surface area contributed by atoms with Crippen molar-refractivity contribution in [2.75, 3.05) is 5.32 Å². The van der Waals surface area contributed by atoms with Gasteiger partial charge in [0, 0.05) is 33.0 Å². The number of nitrogens with zero attached hydrogens (tertiary/aromatic N) is 3. The van der Waals surface area contributed by atoms with Crippen LogP contribution in [-0.2, 0) is 0 Å². The lowest BCUT2D eigenvalue weighted by Gasteiger charge is -2.10.